The molecule has 0 spiro atoms. The van der Waals surface area contributed by atoms with Crippen molar-refractivity contribution < 1.29 is 0 Å². The average Bonchev–Trinajstić information content (AvgIpc) is 2.50. The minimum Gasteiger partial charge on any atom is -0.364 e. The van der Waals surface area contributed by atoms with E-state index in [-0.39, 0.29) is 0 Å². The summed E-state index contributed by atoms with van der Waals surface area (Å²) >= 11 is 0. The van der Waals surface area contributed by atoms with E-state index in [2.05, 4.69) is 16.4 Å². The summed E-state index contributed by atoms with van der Waals surface area (Å²) in [4.78, 5) is 3.12. The first-order chi connectivity index (χ1) is 5.43. The minimum atomic E-state index is 0.762. The summed E-state index contributed by atoms with van der Waals surface area (Å²) in [7, 11) is 0. The van der Waals surface area contributed by atoms with Crippen molar-refractivity contribution in [3.8, 4) is 0 Å². The highest BCUT2D eigenvalue weighted by molar-refractivity contribution is 5.02. The second-order valence-corrected chi connectivity index (χ2v) is 2.51. The highest BCUT2D eigenvalue weighted by Gasteiger charge is 1.89. The largest absolute Gasteiger partial charge is 0.364 e. The van der Waals surface area contributed by atoms with Crippen LogP contribution in [0.1, 0.15) is 12.1 Å². The van der Waals surface area contributed by atoms with Crippen molar-refractivity contribution >= 4 is 0 Å². The molecule has 0 aliphatic heterocycles. The lowest BCUT2D eigenvalue weighted by Crippen LogP contribution is -2.17. The van der Waals surface area contributed by atoms with Gasteiger partial charge in [-0.3, -0.25) is 0 Å². The molecule has 1 aromatic heterocycles. The molecule has 0 radical (unpaired) electrons. The maximum Gasteiger partial charge on any atom is 0.0357 e. The standard InChI is InChI=1S/C8H15N3/c9-4-2-5-10-7-8-3-1-6-11-8/h1,3,6,10-11H,2,4-5,7,9H2. The molecule has 0 atom stereocenters. The van der Waals surface area contributed by atoms with Crippen LogP contribution in [0.2, 0.25) is 0 Å². The Balaban J connectivity index is 2.04. The summed E-state index contributed by atoms with van der Waals surface area (Å²) in [5.41, 5.74) is 6.56. The van der Waals surface area contributed by atoms with Crippen LogP contribution in [0.25, 0.3) is 0 Å². The summed E-state index contributed by atoms with van der Waals surface area (Å²) in [5, 5.41) is 3.28. The number of aromatic amines is 1. The summed E-state index contributed by atoms with van der Waals surface area (Å²) in [5.74, 6) is 0. The fraction of sp³-hybridized carbons (Fsp3) is 0.500. The molecule has 11 heavy (non-hydrogen) atoms. The molecule has 0 amide bonds. The first-order valence-electron chi connectivity index (χ1n) is 3.96. The zero-order valence-electron chi connectivity index (χ0n) is 6.64. The number of rotatable bonds is 5. The Kier molecular flexibility index (Phi) is 3.72. The zero-order chi connectivity index (χ0) is 7.94. The van der Waals surface area contributed by atoms with Crippen molar-refractivity contribution in [3.05, 3.63) is 24.0 Å². The van der Waals surface area contributed by atoms with Crippen LogP contribution in [0.4, 0.5) is 0 Å². The number of H-pyrrole nitrogens is 1. The maximum atomic E-state index is 5.34. The van der Waals surface area contributed by atoms with E-state index in [9.17, 15) is 0 Å². The van der Waals surface area contributed by atoms with E-state index in [1.165, 1.54) is 5.69 Å². The van der Waals surface area contributed by atoms with Crippen LogP contribution in [0.3, 0.4) is 0 Å². The number of aromatic nitrogens is 1. The van der Waals surface area contributed by atoms with Gasteiger partial charge in [0, 0.05) is 18.4 Å². The highest BCUT2D eigenvalue weighted by Crippen LogP contribution is 1.92. The van der Waals surface area contributed by atoms with E-state index in [0.717, 1.165) is 26.1 Å². The molecule has 0 saturated carbocycles. The fourth-order valence-electron chi connectivity index (χ4n) is 0.928. The number of nitrogens with two attached hydrogens (primary N) is 1. The van der Waals surface area contributed by atoms with Crippen molar-refractivity contribution in [2.24, 2.45) is 5.73 Å². The topological polar surface area (TPSA) is 53.8 Å². The van der Waals surface area contributed by atoms with E-state index in [0.29, 0.717) is 0 Å². The Morgan fingerprint density at radius 2 is 2.45 bits per heavy atom. The van der Waals surface area contributed by atoms with Crippen molar-refractivity contribution in [2.45, 2.75) is 13.0 Å². The van der Waals surface area contributed by atoms with Crippen LogP contribution in [0, 0.1) is 0 Å². The van der Waals surface area contributed by atoms with Gasteiger partial charge in [0.15, 0.2) is 0 Å². The molecule has 0 aromatic carbocycles. The molecule has 1 heterocycles. The van der Waals surface area contributed by atoms with Crippen molar-refractivity contribution in [1.82, 2.24) is 10.3 Å². The van der Waals surface area contributed by atoms with E-state index < -0.39 is 0 Å². The Bertz CT molecular complexity index is 169. The Hall–Kier alpha value is -0.800. The van der Waals surface area contributed by atoms with Gasteiger partial charge in [0.05, 0.1) is 0 Å². The van der Waals surface area contributed by atoms with Gasteiger partial charge in [-0.05, 0) is 31.6 Å². The average molecular weight is 153 g/mol. The van der Waals surface area contributed by atoms with Gasteiger partial charge in [0.25, 0.3) is 0 Å². The van der Waals surface area contributed by atoms with Crippen molar-refractivity contribution in [3.63, 3.8) is 0 Å². The fourth-order valence-corrected chi connectivity index (χ4v) is 0.928. The van der Waals surface area contributed by atoms with Gasteiger partial charge in [0.1, 0.15) is 0 Å². The van der Waals surface area contributed by atoms with Gasteiger partial charge in [-0.25, -0.2) is 0 Å². The van der Waals surface area contributed by atoms with Crippen LogP contribution in [0.5, 0.6) is 0 Å². The number of hydrogen-bond donors (Lipinski definition) is 3. The number of nitrogens with one attached hydrogen (secondary N) is 2. The van der Waals surface area contributed by atoms with Crippen LogP contribution in [-0.4, -0.2) is 18.1 Å². The van der Waals surface area contributed by atoms with E-state index in [1.54, 1.807) is 0 Å². The first-order valence-corrected chi connectivity index (χ1v) is 3.96. The van der Waals surface area contributed by atoms with Gasteiger partial charge in [-0.2, -0.15) is 0 Å². The van der Waals surface area contributed by atoms with Gasteiger partial charge in [0.2, 0.25) is 0 Å². The third-order valence-electron chi connectivity index (χ3n) is 1.54. The lowest BCUT2D eigenvalue weighted by Gasteiger charge is -2.00. The summed E-state index contributed by atoms with van der Waals surface area (Å²) in [6.45, 7) is 2.67. The lowest BCUT2D eigenvalue weighted by molar-refractivity contribution is 0.648. The Morgan fingerprint density at radius 3 is 3.09 bits per heavy atom. The minimum absolute atomic E-state index is 0.762. The smallest absolute Gasteiger partial charge is 0.0357 e. The predicted octanol–water partition coefficient (Wildman–Crippen LogP) is 0.453. The van der Waals surface area contributed by atoms with Crippen LogP contribution >= 0.6 is 0 Å². The molecule has 3 heteroatoms. The second kappa shape index (κ2) is 4.93. The van der Waals surface area contributed by atoms with Gasteiger partial charge < -0.3 is 16.0 Å². The summed E-state index contributed by atoms with van der Waals surface area (Å²) in [6.07, 6.45) is 2.97. The molecule has 0 saturated heterocycles. The summed E-state index contributed by atoms with van der Waals surface area (Å²) in [6, 6.07) is 4.06. The Morgan fingerprint density at radius 1 is 1.55 bits per heavy atom. The molecule has 0 fully saturated rings. The Labute approximate surface area is 67.0 Å². The van der Waals surface area contributed by atoms with Gasteiger partial charge >= 0.3 is 0 Å². The molecule has 1 aromatic rings. The third kappa shape index (κ3) is 3.20. The molecule has 4 N–H and O–H groups in total. The zero-order valence-corrected chi connectivity index (χ0v) is 6.64. The third-order valence-corrected chi connectivity index (χ3v) is 1.54. The van der Waals surface area contributed by atoms with E-state index in [1.807, 2.05) is 12.3 Å². The molecular formula is C8H15N3. The van der Waals surface area contributed by atoms with Crippen molar-refractivity contribution in [1.29, 1.82) is 0 Å². The van der Waals surface area contributed by atoms with Gasteiger partial charge in [-0.1, -0.05) is 0 Å². The molecule has 0 bridgehead atoms. The molecule has 3 nitrogen and oxygen atoms in total. The SMILES string of the molecule is NCCCNCc1ccc[nH]1. The lowest BCUT2D eigenvalue weighted by atomic mass is 10.4. The molecule has 62 valence electrons. The predicted molar refractivity (Wildman–Crippen MR) is 46.2 cm³/mol. The number of hydrogen-bond acceptors (Lipinski definition) is 2. The second-order valence-electron chi connectivity index (χ2n) is 2.51. The normalized spacial score (nSPS) is 10.3. The van der Waals surface area contributed by atoms with E-state index >= 15 is 0 Å². The molecule has 0 aliphatic carbocycles. The highest BCUT2D eigenvalue weighted by atomic mass is 14.9. The van der Waals surface area contributed by atoms with E-state index in [4.69, 9.17) is 5.73 Å². The molecule has 0 unspecified atom stereocenters. The molecular weight excluding hydrogens is 138 g/mol. The quantitative estimate of drug-likeness (QED) is 0.538. The van der Waals surface area contributed by atoms with Crippen LogP contribution in [-0.2, 0) is 6.54 Å². The maximum absolute atomic E-state index is 5.34. The monoisotopic (exact) mass is 153 g/mol. The van der Waals surface area contributed by atoms with Gasteiger partial charge in [-0.15, -0.1) is 0 Å². The van der Waals surface area contributed by atoms with Crippen molar-refractivity contribution in [2.75, 3.05) is 13.1 Å². The van der Waals surface area contributed by atoms with Crippen LogP contribution < -0.4 is 11.1 Å². The first kappa shape index (κ1) is 8.30. The molecule has 1 rings (SSSR count). The molecule has 0 aliphatic rings. The summed E-state index contributed by atoms with van der Waals surface area (Å²) < 4.78 is 0. The van der Waals surface area contributed by atoms with Crippen LogP contribution in [0.15, 0.2) is 18.3 Å².